The van der Waals surface area contributed by atoms with Crippen LogP contribution in [-0.2, 0) is 9.59 Å². The van der Waals surface area contributed by atoms with Gasteiger partial charge >= 0.3 is 0 Å². The van der Waals surface area contributed by atoms with Gasteiger partial charge in [0.25, 0.3) is 0 Å². The molecule has 0 aromatic rings. The average Bonchev–Trinajstić information content (AvgIpc) is 2.71. The Bertz CT molecular complexity index is 426. The third-order valence-electron chi connectivity index (χ3n) is 4.88. The normalized spacial score (nSPS) is 34.9. The number of likely N-dealkylation sites (tertiary alicyclic amines) is 1. The molecule has 104 valence electrons. The number of nitrogens with zero attached hydrogens (tertiary/aromatic N) is 2. The van der Waals surface area contributed by atoms with Crippen molar-refractivity contribution in [3.8, 4) is 0 Å². The predicted octanol–water partition coefficient (Wildman–Crippen LogP) is 1.93. The van der Waals surface area contributed by atoms with Crippen LogP contribution in [0, 0.1) is 11.8 Å². The van der Waals surface area contributed by atoms with Gasteiger partial charge in [0.15, 0.2) is 0 Å². The first-order valence-electron chi connectivity index (χ1n) is 7.29. The predicted molar refractivity (Wildman–Crippen MR) is 68.8 cm³/mol. The Balaban J connectivity index is 1.80. The standard InChI is InChI=1S/C14H20N2O3/c17-13-11-7-6-9(15-19)8-12(11)14(18)16(13)10-4-2-1-3-5-10/h10-12,19H,1-8H2/b15-9+/t11-,12-/m1/s1. The lowest BCUT2D eigenvalue weighted by Crippen LogP contribution is -2.41. The van der Waals surface area contributed by atoms with Gasteiger partial charge in [0.05, 0.1) is 17.5 Å². The minimum atomic E-state index is -0.269. The highest BCUT2D eigenvalue weighted by atomic mass is 16.4. The highest BCUT2D eigenvalue weighted by Crippen LogP contribution is 2.40. The van der Waals surface area contributed by atoms with Crippen LogP contribution >= 0.6 is 0 Å². The molecule has 1 aliphatic heterocycles. The molecule has 2 aliphatic carbocycles. The second-order valence-corrected chi connectivity index (χ2v) is 5.96. The first-order chi connectivity index (χ1) is 9.22. The van der Waals surface area contributed by atoms with Gasteiger partial charge < -0.3 is 5.21 Å². The van der Waals surface area contributed by atoms with E-state index >= 15 is 0 Å². The molecule has 2 amide bonds. The molecule has 0 aromatic carbocycles. The van der Waals surface area contributed by atoms with Crippen molar-refractivity contribution in [2.45, 2.75) is 57.4 Å². The molecule has 0 spiro atoms. The summed E-state index contributed by atoms with van der Waals surface area (Å²) >= 11 is 0. The van der Waals surface area contributed by atoms with Crippen molar-refractivity contribution in [1.82, 2.24) is 4.90 Å². The second kappa shape index (κ2) is 4.94. The smallest absolute Gasteiger partial charge is 0.233 e. The van der Waals surface area contributed by atoms with Gasteiger partial charge in [0, 0.05) is 12.5 Å². The first-order valence-corrected chi connectivity index (χ1v) is 7.29. The summed E-state index contributed by atoms with van der Waals surface area (Å²) in [6.07, 6.45) is 7.08. The van der Waals surface area contributed by atoms with E-state index in [1.165, 1.54) is 6.42 Å². The van der Waals surface area contributed by atoms with E-state index in [1.807, 2.05) is 0 Å². The van der Waals surface area contributed by atoms with Gasteiger partial charge in [0.1, 0.15) is 0 Å². The minimum Gasteiger partial charge on any atom is -0.411 e. The fourth-order valence-electron chi connectivity index (χ4n) is 3.83. The van der Waals surface area contributed by atoms with Gasteiger partial charge in [-0.05, 0) is 25.7 Å². The lowest BCUT2D eigenvalue weighted by atomic mass is 9.80. The molecule has 3 rings (SSSR count). The summed E-state index contributed by atoms with van der Waals surface area (Å²) in [5.74, 6) is -0.435. The van der Waals surface area contributed by atoms with Crippen LogP contribution in [0.25, 0.3) is 0 Å². The quantitative estimate of drug-likeness (QED) is 0.447. The van der Waals surface area contributed by atoms with Gasteiger partial charge in [-0.2, -0.15) is 0 Å². The molecule has 1 saturated heterocycles. The molecule has 2 saturated carbocycles. The Morgan fingerprint density at radius 2 is 1.68 bits per heavy atom. The zero-order valence-corrected chi connectivity index (χ0v) is 11.0. The zero-order valence-electron chi connectivity index (χ0n) is 11.0. The number of imide groups is 1. The van der Waals surface area contributed by atoms with Gasteiger partial charge in [-0.25, -0.2) is 0 Å². The van der Waals surface area contributed by atoms with E-state index in [4.69, 9.17) is 5.21 Å². The van der Waals surface area contributed by atoms with E-state index in [2.05, 4.69) is 5.16 Å². The topological polar surface area (TPSA) is 70.0 Å². The number of rotatable bonds is 1. The van der Waals surface area contributed by atoms with Crippen LogP contribution in [0.4, 0.5) is 0 Å². The van der Waals surface area contributed by atoms with Crippen molar-refractivity contribution in [3.05, 3.63) is 0 Å². The summed E-state index contributed by atoms with van der Waals surface area (Å²) in [6.45, 7) is 0. The number of amides is 2. The van der Waals surface area contributed by atoms with Crippen LogP contribution in [0.2, 0.25) is 0 Å². The van der Waals surface area contributed by atoms with Crippen LogP contribution in [-0.4, -0.2) is 33.7 Å². The maximum Gasteiger partial charge on any atom is 0.233 e. The van der Waals surface area contributed by atoms with Gasteiger partial charge in [-0.3, -0.25) is 14.5 Å². The summed E-state index contributed by atoms with van der Waals surface area (Å²) in [6, 6.07) is 0.119. The first kappa shape index (κ1) is 12.6. The Kier molecular flexibility index (Phi) is 3.29. The lowest BCUT2D eigenvalue weighted by Gasteiger charge is -2.29. The Labute approximate surface area is 112 Å². The summed E-state index contributed by atoms with van der Waals surface area (Å²) in [5.41, 5.74) is 0.660. The van der Waals surface area contributed by atoms with E-state index in [0.29, 0.717) is 25.0 Å². The largest absolute Gasteiger partial charge is 0.411 e. The molecule has 0 radical (unpaired) electrons. The molecule has 19 heavy (non-hydrogen) atoms. The van der Waals surface area contributed by atoms with Crippen molar-refractivity contribution >= 4 is 17.5 Å². The molecule has 0 aromatic heterocycles. The molecule has 5 heteroatoms. The van der Waals surface area contributed by atoms with Crippen LogP contribution < -0.4 is 0 Å². The van der Waals surface area contributed by atoms with Crippen LogP contribution in [0.1, 0.15) is 51.4 Å². The molecule has 3 fully saturated rings. The number of hydrogen-bond donors (Lipinski definition) is 1. The lowest BCUT2D eigenvalue weighted by molar-refractivity contribution is -0.143. The molecule has 2 atom stereocenters. The third kappa shape index (κ3) is 2.05. The van der Waals surface area contributed by atoms with Crippen molar-refractivity contribution in [3.63, 3.8) is 0 Å². The summed E-state index contributed by atoms with van der Waals surface area (Å²) in [4.78, 5) is 26.5. The summed E-state index contributed by atoms with van der Waals surface area (Å²) < 4.78 is 0. The van der Waals surface area contributed by atoms with Gasteiger partial charge in [-0.15, -0.1) is 0 Å². The van der Waals surface area contributed by atoms with Crippen molar-refractivity contribution in [2.75, 3.05) is 0 Å². The SMILES string of the molecule is O=C1[C@@H]2CC/C(=N\O)C[C@H]2C(=O)N1C1CCCCC1. The van der Waals surface area contributed by atoms with Gasteiger partial charge in [0.2, 0.25) is 11.8 Å². The van der Waals surface area contributed by atoms with E-state index in [0.717, 1.165) is 25.7 Å². The molecule has 5 nitrogen and oxygen atoms in total. The zero-order chi connectivity index (χ0) is 13.4. The fraction of sp³-hybridized carbons (Fsp3) is 0.786. The van der Waals surface area contributed by atoms with E-state index in [1.54, 1.807) is 4.90 Å². The molecule has 0 unspecified atom stereocenters. The number of carbonyl (C=O) groups excluding carboxylic acids is 2. The molecular formula is C14H20N2O3. The van der Waals surface area contributed by atoms with E-state index in [9.17, 15) is 9.59 Å². The second-order valence-electron chi connectivity index (χ2n) is 5.96. The number of fused-ring (bicyclic) bond motifs is 1. The number of oxime groups is 1. The minimum absolute atomic E-state index is 0.0252. The van der Waals surface area contributed by atoms with Crippen LogP contribution in [0.5, 0.6) is 0 Å². The highest BCUT2D eigenvalue weighted by Gasteiger charge is 2.51. The van der Waals surface area contributed by atoms with Gasteiger partial charge in [-0.1, -0.05) is 24.4 Å². The maximum atomic E-state index is 12.5. The maximum absolute atomic E-state index is 12.5. The Morgan fingerprint density at radius 3 is 2.37 bits per heavy atom. The average molecular weight is 264 g/mol. The van der Waals surface area contributed by atoms with E-state index < -0.39 is 0 Å². The molecular weight excluding hydrogens is 244 g/mol. The van der Waals surface area contributed by atoms with Crippen molar-refractivity contribution in [1.29, 1.82) is 0 Å². The number of carbonyl (C=O) groups is 2. The summed E-state index contributed by atoms with van der Waals surface area (Å²) in [5, 5.41) is 12.1. The van der Waals surface area contributed by atoms with Crippen LogP contribution in [0.15, 0.2) is 5.16 Å². The molecule has 1 heterocycles. The molecule has 3 aliphatic rings. The van der Waals surface area contributed by atoms with Crippen molar-refractivity contribution < 1.29 is 14.8 Å². The fourth-order valence-corrected chi connectivity index (χ4v) is 3.83. The highest BCUT2D eigenvalue weighted by molar-refractivity contribution is 6.08. The third-order valence-corrected chi connectivity index (χ3v) is 4.88. The Hall–Kier alpha value is -1.39. The van der Waals surface area contributed by atoms with E-state index in [-0.39, 0.29) is 29.7 Å². The van der Waals surface area contributed by atoms with Crippen LogP contribution in [0.3, 0.4) is 0 Å². The summed E-state index contributed by atoms with van der Waals surface area (Å²) in [7, 11) is 0. The van der Waals surface area contributed by atoms with Crippen molar-refractivity contribution in [2.24, 2.45) is 17.0 Å². The Morgan fingerprint density at radius 1 is 1.00 bits per heavy atom. The number of hydrogen-bond acceptors (Lipinski definition) is 4. The molecule has 0 bridgehead atoms. The molecule has 1 N–H and O–H groups in total. The monoisotopic (exact) mass is 264 g/mol.